The molecule has 4 bridgehead atoms. The summed E-state index contributed by atoms with van der Waals surface area (Å²) in [6.07, 6.45) is 9.26. The average molecular weight is 691 g/mol. The first kappa shape index (κ1) is 30.4. The van der Waals surface area contributed by atoms with Crippen molar-refractivity contribution in [2.24, 2.45) is 40.9 Å². The van der Waals surface area contributed by atoms with Crippen LogP contribution in [0, 0.1) is 44.5 Å². The second kappa shape index (κ2) is 12.4. The van der Waals surface area contributed by atoms with Gasteiger partial charge in [0.15, 0.2) is 0 Å². The van der Waals surface area contributed by atoms with Gasteiger partial charge in [0.1, 0.15) is 18.0 Å². The SMILES string of the molecule is CC1(C)[C@H]2CC[C@@H](CN(C(=O)CC3CC4CCC3C4)[C@@H]3CC(C(=O)NCCO)=C[C@H](Oc4ccccc4I)[C@H]3O)[C@@H]1C2. The van der Waals surface area contributed by atoms with Crippen LogP contribution < -0.4 is 10.1 Å². The molecule has 1 aromatic rings. The smallest absolute Gasteiger partial charge is 0.247 e. The van der Waals surface area contributed by atoms with Crippen molar-refractivity contribution in [2.45, 2.75) is 89.9 Å². The van der Waals surface area contributed by atoms with E-state index in [2.05, 4.69) is 41.8 Å². The predicted octanol–water partition coefficient (Wildman–Crippen LogP) is 4.93. The number of benzene rings is 1. The van der Waals surface area contributed by atoms with E-state index >= 15 is 0 Å². The first-order valence-corrected chi connectivity index (χ1v) is 17.2. The Balaban J connectivity index is 1.29. The molecule has 9 atom stereocenters. The molecule has 6 aliphatic carbocycles. The zero-order chi connectivity index (χ0) is 29.6. The number of hydrogen-bond donors (Lipinski definition) is 3. The number of fused-ring (bicyclic) bond motifs is 4. The Kier molecular flexibility index (Phi) is 8.96. The van der Waals surface area contributed by atoms with Gasteiger partial charge in [-0.05, 0) is 120 Å². The van der Waals surface area contributed by atoms with Crippen LogP contribution in [0.4, 0.5) is 0 Å². The number of carbonyl (C=O) groups is 2. The van der Waals surface area contributed by atoms with Gasteiger partial charge in [-0.2, -0.15) is 0 Å². The van der Waals surface area contributed by atoms with E-state index in [4.69, 9.17) is 4.74 Å². The first-order chi connectivity index (χ1) is 20.2. The summed E-state index contributed by atoms with van der Waals surface area (Å²) in [5, 5.41) is 24.0. The molecule has 5 fully saturated rings. The highest BCUT2D eigenvalue weighted by Gasteiger charge is 2.55. The molecule has 42 heavy (non-hydrogen) atoms. The number of hydrogen-bond acceptors (Lipinski definition) is 5. The minimum absolute atomic E-state index is 0.126. The Morgan fingerprint density at radius 1 is 1.10 bits per heavy atom. The number of halogens is 1. The summed E-state index contributed by atoms with van der Waals surface area (Å²) in [4.78, 5) is 29.6. The fourth-order valence-corrected chi connectivity index (χ4v) is 9.80. The lowest BCUT2D eigenvalue weighted by Crippen LogP contribution is -2.59. The van der Waals surface area contributed by atoms with E-state index in [0.717, 1.165) is 28.2 Å². The van der Waals surface area contributed by atoms with E-state index in [0.29, 0.717) is 48.0 Å². The van der Waals surface area contributed by atoms with Crippen molar-refractivity contribution in [3.05, 3.63) is 39.5 Å². The van der Waals surface area contributed by atoms with Crippen molar-refractivity contribution >= 4 is 34.4 Å². The molecule has 3 N–H and O–H groups in total. The number of ether oxygens (including phenoxy) is 1. The minimum Gasteiger partial charge on any atom is -0.482 e. The number of rotatable bonds is 10. The minimum atomic E-state index is -0.967. The zero-order valence-corrected chi connectivity index (χ0v) is 27.2. The van der Waals surface area contributed by atoms with Gasteiger partial charge in [0, 0.05) is 31.5 Å². The standard InChI is InChI=1S/C34H47IN2O5/c1-34(2)25-10-9-22(26(34)18-25)19-37(31(39)17-23-14-20-7-8-21(23)13-20)28-15-24(33(41)36-11-12-38)16-30(32(28)40)42-29-6-4-3-5-27(29)35/h3-6,16,20-23,25-26,28,30,32,38,40H,7-15,17-19H2,1-2H3,(H,36,41)/t20?,21?,22-,23?,25-,26-,28+,30-,32-/m0/s1. The Labute approximate surface area is 264 Å². The molecule has 230 valence electrons. The Hall–Kier alpha value is -1.65. The summed E-state index contributed by atoms with van der Waals surface area (Å²) in [5.74, 6) is 4.08. The van der Waals surface area contributed by atoms with E-state index in [1.54, 1.807) is 6.08 Å². The average Bonchev–Trinajstić information content (AvgIpc) is 3.60. The van der Waals surface area contributed by atoms with Crippen molar-refractivity contribution in [3.8, 4) is 5.75 Å². The third-order valence-corrected chi connectivity index (χ3v) is 12.7. The van der Waals surface area contributed by atoms with E-state index in [-0.39, 0.29) is 36.8 Å². The van der Waals surface area contributed by atoms with Crippen molar-refractivity contribution in [3.63, 3.8) is 0 Å². The van der Waals surface area contributed by atoms with Gasteiger partial charge in [-0.15, -0.1) is 0 Å². The van der Waals surface area contributed by atoms with Gasteiger partial charge >= 0.3 is 0 Å². The maximum absolute atomic E-state index is 14.4. The van der Waals surface area contributed by atoms with Crippen LogP contribution in [0.2, 0.25) is 0 Å². The van der Waals surface area contributed by atoms with Crippen LogP contribution in [0.15, 0.2) is 35.9 Å². The van der Waals surface area contributed by atoms with Crippen molar-refractivity contribution in [1.29, 1.82) is 0 Å². The molecule has 2 amide bonds. The van der Waals surface area contributed by atoms with Gasteiger partial charge in [0.25, 0.3) is 0 Å². The summed E-state index contributed by atoms with van der Waals surface area (Å²) in [7, 11) is 0. The van der Waals surface area contributed by atoms with E-state index in [1.165, 1.54) is 32.1 Å². The molecule has 0 aliphatic heterocycles. The second-order valence-electron chi connectivity index (χ2n) is 14.3. The monoisotopic (exact) mass is 690 g/mol. The number of para-hydroxylation sites is 1. The highest BCUT2D eigenvalue weighted by Crippen LogP contribution is 2.61. The van der Waals surface area contributed by atoms with Gasteiger partial charge in [0.2, 0.25) is 11.8 Å². The Morgan fingerprint density at radius 2 is 1.90 bits per heavy atom. The van der Waals surface area contributed by atoms with Gasteiger partial charge < -0.3 is 25.2 Å². The summed E-state index contributed by atoms with van der Waals surface area (Å²) in [6, 6.07) is 7.09. The van der Waals surface area contributed by atoms with Gasteiger partial charge in [-0.3, -0.25) is 9.59 Å². The van der Waals surface area contributed by atoms with E-state index < -0.39 is 18.2 Å². The molecule has 7 rings (SSSR count). The van der Waals surface area contributed by atoms with Gasteiger partial charge in [0.05, 0.1) is 16.2 Å². The quantitative estimate of drug-likeness (QED) is 0.303. The van der Waals surface area contributed by atoms with Crippen LogP contribution in [-0.4, -0.2) is 64.9 Å². The summed E-state index contributed by atoms with van der Waals surface area (Å²) < 4.78 is 7.28. The third-order valence-electron chi connectivity index (χ3n) is 11.8. The number of nitrogens with zero attached hydrogens (tertiary/aromatic N) is 1. The lowest BCUT2D eigenvalue weighted by Gasteiger charge is -2.61. The van der Waals surface area contributed by atoms with Crippen LogP contribution in [0.3, 0.4) is 0 Å². The van der Waals surface area contributed by atoms with E-state index in [9.17, 15) is 19.8 Å². The Morgan fingerprint density at radius 3 is 2.57 bits per heavy atom. The van der Waals surface area contributed by atoms with E-state index in [1.807, 2.05) is 29.2 Å². The molecule has 6 aliphatic rings. The molecule has 5 saturated carbocycles. The fourth-order valence-electron chi connectivity index (χ4n) is 9.29. The molecule has 0 spiro atoms. The molecule has 0 heterocycles. The molecule has 0 radical (unpaired) electrons. The molecule has 1 aromatic carbocycles. The van der Waals surface area contributed by atoms with Gasteiger partial charge in [-0.1, -0.05) is 32.4 Å². The summed E-state index contributed by atoms with van der Waals surface area (Å²) in [5.41, 5.74) is 0.790. The lowest BCUT2D eigenvalue weighted by atomic mass is 9.45. The summed E-state index contributed by atoms with van der Waals surface area (Å²) in [6.45, 7) is 5.39. The largest absolute Gasteiger partial charge is 0.482 e. The molecule has 7 nitrogen and oxygen atoms in total. The number of amides is 2. The maximum atomic E-state index is 14.4. The number of aliphatic hydroxyl groups is 2. The van der Waals surface area contributed by atoms with Crippen molar-refractivity contribution in [2.75, 3.05) is 19.7 Å². The molecule has 8 heteroatoms. The molecule has 3 unspecified atom stereocenters. The highest BCUT2D eigenvalue weighted by molar-refractivity contribution is 14.1. The fraction of sp³-hybridized carbons (Fsp3) is 0.706. The Bertz CT molecular complexity index is 1200. The van der Waals surface area contributed by atoms with Crippen molar-refractivity contribution < 1.29 is 24.5 Å². The summed E-state index contributed by atoms with van der Waals surface area (Å²) >= 11 is 2.21. The normalized spacial score (nSPS) is 36.1. The topological polar surface area (TPSA) is 99.1 Å². The number of carbonyl (C=O) groups excluding carboxylic acids is 2. The number of aliphatic hydroxyl groups excluding tert-OH is 2. The molecular formula is C34H47IN2O5. The van der Waals surface area contributed by atoms with Crippen LogP contribution in [0.25, 0.3) is 0 Å². The maximum Gasteiger partial charge on any atom is 0.247 e. The van der Waals surface area contributed by atoms with Gasteiger partial charge in [-0.25, -0.2) is 0 Å². The zero-order valence-electron chi connectivity index (χ0n) is 25.0. The molecule has 0 aromatic heterocycles. The molecule has 0 saturated heterocycles. The second-order valence-corrected chi connectivity index (χ2v) is 15.5. The third kappa shape index (κ3) is 5.88. The van der Waals surface area contributed by atoms with Crippen LogP contribution >= 0.6 is 22.6 Å². The number of nitrogens with one attached hydrogen (secondary N) is 1. The predicted molar refractivity (Wildman–Crippen MR) is 170 cm³/mol. The van der Waals surface area contributed by atoms with Crippen LogP contribution in [0.5, 0.6) is 5.75 Å². The van der Waals surface area contributed by atoms with Crippen molar-refractivity contribution in [1.82, 2.24) is 10.2 Å². The first-order valence-electron chi connectivity index (χ1n) is 16.1. The van der Waals surface area contributed by atoms with Crippen LogP contribution in [0.1, 0.15) is 71.6 Å². The van der Waals surface area contributed by atoms with Crippen LogP contribution in [-0.2, 0) is 9.59 Å². The lowest BCUT2D eigenvalue weighted by molar-refractivity contribution is -0.149. The highest BCUT2D eigenvalue weighted by atomic mass is 127. The molecular weight excluding hydrogens is 643 g/mol.